The first-order valence-electron chi connectivity index (χ1n) is 8.10. The van der Waals surface area contributed by atoms with E-state index in [4.69, 9.17) is 4.98 Å². The fourth-order valence-corrected chi connectivity index (χ4v) is 4.25. The summed E-state index contributed by atoms with van der Waals surface area (Å²) in [5.41, 5.74) is 3.52. The van der Waals surface area contributed by atoms with Crippen LogP contribution in [0.25, 0.3) is 22.3 Å². The van der Waals surface area contributed by atoms with E-state index in [0.717, 1.165) is 37.2 Å². The van der Waals surface area contributed by atoms with Gasteiger partial charge in [0, 0.05) is 16.6 Å². The van der Waals surface area contributed by atoms with Gasteiger partial charge >= 0.3 is 0 Å². The highest BCUT2D eigenvalue weighted by molar-refractivity contribution is 7.17. The molecule has 4 nitrogen and oxygen atoms in total. The molecule has 6 heteroatoms. The fraction of sp³-hybridized carbons (Fsp3) is 0.100. The standard InChI is InChI=1S/C20H16N2O2S2/c1-13-11-22-16(8-9-17(24)18-3-2-10-25-18)19(21-20(22)26-13)15-6-4-14(12-23)5-7-15/h2-11,23H,12H2,1H3. The van der Waals surface area contributed by atoms with Gasteiger partial charge in [-0.3, -0.25) is 9.20 Å². The topological polar surface area (TPSA) is 54.6 Å². The van der Waals surface area contributed by atoms with Crippen LogP contribution in [0.4, 0.5) is 0 Å². The maximum absolute atomic E-state index is 12.3. The first-order valence-corrected chi connectivity index (χ1v) is 9.80. The molecule has 0 radical (unpaired) electrons. The zero-order chi connectivity index (χ0) is 18.1. The second kappa shape index (κ2) is 6.99. The lowest BCUT2D eigenvalue weighted by Crippen LogP contribution is -1.91. The molecule has 1 N–H and O–H groups in total. The Hall–Kier alpha value is -2.54. The van der Waals surface area contributed by atoms with E-state index in [2.05, 4.69) is 0 Å². The van der Waals surface area contributed by atoms with E-state index in [-0.39, 0.29) is 12.4 Å². The average Bonchev–Trinajstić information content (AvgIpc) is 3.36. The summed E-state index contributed by atoms with van der Waals surface area (Å²) in [6.45, 7) is 2.05. The molecule has 0 aliphatic rings. The van der Waals surface area contributed by atoms with E-state index in [1.54, 1.807) is 17.4 Å². The Bertz CT molecular complexity index is 1090. The van der Waals surface area contributed by atoms with Crippen molar-refractivity contribution in [2.45, 2.75) is 13.5 Å². The first kappa shape index (κ1) is 16.9. The summed E-state index contributed by atoms with van der Waals surface area (Å²) in [5, 5.41) is 11.1. The minimum Gasteiger partial charge on any atom is -0.392 e. The number of aryl methyl sites for hydroxylation is 1. The summed E-state index contributed by atoms with van der Waals surface area (Å²) < 4.78 is 2.02. The quantitative estimate of drug-likeness (QED) is 0.399. The Morgan fingerprint density at radius 2 is 2.08 bits per heavy atom. The van der Waals surface area contributed by atoms with Crippen molar-refractivity contribution in [3.63, 3.8) is 0 Å². The molecule has 26 heavy (non-hydrogen) atoms. The number of fused-ring (bicyclic) bond motifs is 1. The van der Waals surface area contributed by atoms with Gasteiger partial charge in [0.05, 0.1) is 22.9 Å². The molecular formula is C20H16N2O2S2. The van der Waals surface area contributed by atoms with Gasteiger partial charge in [-0.1, -0.05) is 30.3 Å². The van der Waals surface area contributed by atoms with Crippen LogP contribution in [0, 0.1) is 6.92 Å². The highest BCUT2D eigenvalue weighted by atomic mass is 32.1. The summed E-state index contributed by atoms with van der Waals surface area (Å²) >= 11 is 3.05. The third-order valence-corrected chi connectivity index (χ3v) is 5.83. The summed E-state index contributed by atoms with van der Waals surface area (Å²) in [7, 11) is 0. The molecule has 0 saturated heterocycles. The molecule has 0 atom stereocenters. The van der Waals surface area contributed by atoms with Crippen molar-refractivity contribution in [1.82, 2.24) is 9.38 Å². The van der Waals surface area contributed by atoms with Crippen LogP contribution in [0.15, 0.2) is 54.1 Å². The van der Waals surface area contributed by atoms with Crippen LogP contribution in [-0.4, -0.2) is 20.3 Å². The number of hydrogen-bond donors (Lipinski definition) is 1. The van der Waals surface area contributed by atoms with Crippen molar-refractivity contribution in [3.05, 3.63) is 75.1 Å². The number of aliphatic hydroxyl groups is 1. The minimum atomic E-state index is -0.0107. The lowest BCUT2D eigenvalue weighted by Gasteiger charge is -2.02. The Morgan fingerprint density at radius 3 is 2.77 bits per heavy atom. The number of nitrogens with zero attached hydrogens (tertiary/aromatic N) is 2. The largest absolute Gasteiger partial charge is 0.392 e. The summed E-state index contributed by atoms with van der Waals surface area (Å²) in [4.78, 5) is 19.9. The number of hydrogen-bond acceptors (Lipinski definition) is 5. The Balaban J connectivity index is 1.79. The molecule has 0 saturated carbocycles. The van der Waals surface area contributed by atoms with Crippen LogP contribution in [0.2, 0.25) is 0 Å². The van der Waals surface area contributed by atoms with Crippen molar-refractivity contribution in [2.75, 3.05) is 0 Å². The predicted molar refractivity (Wildman–Crippen MR) is 107 cm³/mol. The molecule has 0 amide bonds. The molecule has 0 unspecified atom stereocenters. The predicted octanol–water partition coefficient (Wildman–Crippen LogP) is 4.82. The van der Waals surface area contributed by atoms with Crippen LogP contribution in [-0.2, 0) is 6.61 Å². The van der Waals surface area contributed by atoms with Gasteiger partial charge in [0.1, 0.15) is 0 Å². The molecule has 4 rings (SSSR count). The Kier molecular flexibility index (Phi) is 4.55. The van der Waals surface area contributed by atoms with Crippen molar-refractivity contribution < 1.29 is 9.90 Å². The average molecular weight is 380 g/mol. The third kappa shape index (κ3) is 3.14. The monoisotopic (exact) mass is 380 g/mol. The van der Waals surface area contributed by atoms with Gasteiger partial charge in [-0.05, 0) is 36.1 Å². The van der Waals surface area contributed by atoms with E-state index >= 15 is 0 Å². The molecule has 0 bridgehead atoms. The molecule has 0 fully saturated rings. The van der Waals surface area contributed by atoms with Gasteiger partial charge in [-0.15, -0.1) is 22.7 Å². The highest BCUT2D eigenvalue weighted by Crippen LogP contribution is 2.29. The molecular weight excluding hydrogens is 364 g/mol. The maximum Gasteiger partial charge on any atom is 0.195 e. The lowest BCUT2D eigenvalue weighted by atomic mass is 10.1. The molecule has 3 aromatic heterocycles. The highest BCUT2D eigenvalue weighted by Gasteiger charge is 2.14. The van der Waals surface area contributed by atoms with Gasteiger partial charge in [-0.2, -0.15) is 0 Å². The maximum atomic E-state index is 12.3. The third-order valence-electron chi connectivity index (χ3n) is 4.05. The van der Waals surface area contributed by atoms with Gasteiger partial charge in [0.25, 0.3) is 0 Å². The van der Waals surface area contributed by atoms with Gasteiger partial charge in [0.2, 0.25) is 0 Å². The van der Waals surface area contributed by atoms with Crippen LogP contribution >= 0.6 is 22.7 Å². The van der Waals surface area contributed by atoms with E-state index in [0.29, 0.717) is 0 Å². The molecule has 4 aromatic rings. The minimum absolute atomic E-state index is 0.0107. The molecule has 1 aromatic carbocycles. The molecule has 0 aliphatic heterocycles. The molecule has 0 aliphatic carbocycles. The summed E-state index contributed by atoms with van der Waals surface area (Å²) in [6, 6.07) is 11.4. The Labute approximate surface area is 158 Å². The van der Waals surface area contributed by atoms with Crippen molar-refractivity contribution in [1.29, 1.82) is 0 Å². The smallest absolute Gasteiger partial charge is 0.195 e. The number of ketones is 1. The lowest BCUT2D eigenvalue weighted by molar-refractivity contribution is 0.105. The number of thiophene rings is 1. The summed E-state index contributed by atoms with van der Waals surface area (Å²) in [6.07, 6.45) is 5.48. The summed E-state index contributed by atoms with van der Waals surface area (Å²) in [5.74, 6) is -0.0107. The number of carbonyl (C=O) groups is 1. The van der Waals surface area contributed by atoms with Crippen LogP contribution in [0.1, 0.15) is 25.8 Å². The van der Waals surface area contributed by atoms with E-state index < -0.39 is 0 Å². The number of carbonyl (C=O) groups excluding carboxylic acids is 1. The van der Waals surface area contributed by atoms with Crippen LogP contribution in [0.5, 0.6) is 0 Å². The number of rotatable bonds is 5. The van der Waals surface area contributed by atoms with Gasteiger partial charge < -0.3 is 5.11 Å². The molecule has 0 spiro atoms. The van der Waals surface area contributed by atoms with Crippen molar-refractivity contribution in [3.8, 4) is 11.3 Å². The van der Waals surface area contributed by atoms with Crippen LogP contribution < -0.4 is 0 Å². The number of aromatic nitrogens is 2. The van der Waals surface area contributed by atoms with Crippen molar-refractivity contribution >= 4 is 39.5 Å². The number of imidazole rings is 1. The second-order valence-electron chi connectivity index (χ2n) is 5.87. The van der Waals surface area contributed by atoms with E-state index in [1.165, 1.54) is 11.3 Å². The second-order valence-corrected chi connectivity index (χ2v) is 8.03. The SMILES string of the molecule is Cc1cn2c(C=CC(=O)c3cccs3)c(-c3ccc(CO)cc3)nc2s1. The number of aliphatic hydroxyl groups excluding tert-OH is 1. The first-order chi connectivity index (χ1) is 12.7. The zero-order valence-corrected chi connectivity index (χ0v) is 15.7. The van der Waals surface area contributed by atoms with Gasteiger partial charge in [0.15, 0.2) is 10.7 Å². The number of allylic oxidation sites excluding steroid dienone is 1. The number of benzene rings is 1. The molecule has 3 heterocycles. The fourth-order valence-electron chi connectivity index (χ4n) is 2.77. The van der Waals surface area contributed by atoms with E-state index in [9.17, 15) is 9.90 Å². The normalized spacial score (nSPS) is 11.6. The van der Waals surface area contributed by atoms with E-state index in [1.807, 2.05) is 65.4 Å². The van der Waals surface area contributed by atoms with Crippen LogP contribution in [0.3, 0.4) is 0 Å². The van der Waals surface area contributed by atoms with Gasteiger partial charge in [-0.25, -0.2) is 4.98 Å². The zero-order valence-electron chi connectivity index (χ0n) is 14.0. The molecule has 130 valence electrons. The number of thiazole rings is 1. The Morgan fingerprint density at radius 1 is 1.27 bits per heavy atom. The van der Waals surface area contributed by atoms with Crippen molar-refractivity contribution in [2.24, 2.45) is 0 Å².